The fourth-order valence-corrected chi connectivity index (χ4v) is 1.89. The van der Waals surface area contributed by atoms with Crippen LogP contribution in [-0.4, -0.2) is 28.9 Å². The summed E-state index contributed by atoms with van der Waals surface area (Å²) < 4.78 is 4.90. The SMILES string of the molecule is CCOC(=O)C(C)(N)CSc1ccccn1. The molecule has 16 heavy (non-hydrogen) atoms. The summed E-state index contributed by atoms with van der Waals surface area (Å²) in [6.07, 6.45) is 1.71. The van der Waals surface area contributed by atoms with Gasteiger partial charge in [-0.2, -0.15) is 0 Å². The molecule has 4 nitrogen and oxygen atoms in total. The van der Waals surface area contributed by atoms with Crippen molar-refractivity contribution in [2.24, 2.45) is 5.73 Å². The van der Waals surface area contributed by atoms with E-state index in [0.29, 0.717) is 12.4 Å². The van der Waals surface area contributed by atoms with Crippen molar-refractivity contribution in [3.8, 4) is 0 Å². The first kappa shape index (κ1) is 13.0. The lowest BCUT2D eigenvalue weighted by molar-refractivity contribution is -0.148. The van der Waals surface area contributed by atoms with Crippen LogP contribution in [0.3, 0.4) is 0 Å². The van der Waals surface area contributed by atoms with Gasteiger partial charge in [-0.15, -0.1) is 11.8 Å². The van der Waals surface area contributed by atoms with Gasteiger partial charge in [0.15, 0.2) is 0 Å². The van der Waals surface area contributed by atoms with Crippen molar-refractivity contribution in [2.75, 3.05) is 12.4 Å². The predicted octanol–water partition coefficient (Wildman–Crippen LogP) is 1.45. The topological polar surface area (TPSA) is 65.2 Å². The largest absolute Gasteiger partial charge is 0.465 e. The first-order valence-electron chi connectivity index (χ1n) is 5.06. The molecular formula is C11H16N2O2S. The minimum atomic E-state index is -0.974. The summed E-state index contributed by atoms with van der Waals surface area (Å²) in [4.78, 5) is 15.6. The number of nitrogens with two attached hydrogens (primary N) is 1. The monoisotopic (exact) mass is 240 g/mol. The summed E-state index contributed by atoms with van der Waals surface area (Å²) in [5.74, 6) is 0.0708. The van der Waals surface area contributed by atoms with Crippen LogP contribution >= 0.6 is 11.8 Å². The molecule has 5 heteroatoms. The molecule has 0 aliphatic heterocycles. The van der Waals surface area contributed by atoms with Crippen molar-refractivity contribution >= 4 is 17.7 Å². The molecular weight excluding hydrogens is 224 g/mol. The normalized spacial score (nSPS) is 14.2. The van der Waals surface area contributed by atoms with Crippen LogP contribution in [0.2, 0.25) is 0 Å². The Morgan fingerprint density at radius 2 is 2.38 bits per heavy atom. The van der Waals surface area contributed by atoms with Crippen molar-refractivity contribution in [2.45, 2.75) is 24.4 Å². The minimum Gasteiger partial charge on any atom is -0.465 e. The third-order valence-electron chi connectivity index (χ3n) is 1.90. The van der Waals surface area contributed by atoms with E-state index < -0.39 is 5.54 Å². The van der Waals surface area contributed by atoms with Gasteiger partial charge >= 0.3 is 5.97 Å². The summed E-state index contributed by atoms with van der Waals surface area (Å²) in [6, 6.07) is 5.62. The van der Waals surface area contributed by atoms with E-state index in [1.165, 1.54) is 11.8 Å². The van der Waals surface area contributed by atoms with Crippen molar-refractivity contribution in [3.63, 3.8) is 0 Å². The zero-order valence-electron chi connectivity index (χ0n) is 9.47. The summed E-state index contributed by atoms with van der Waals surface area (Å²) in [5.41, 5.74) is 4.90. The zero-order valence-corrected chi connectivity index (χ0v) is 10.3. The number of rotatable bonds is 5. The molecule has 0 fully saturated rings. The smallest absolute Gasteiger partial charge is 0.326 e. The quantitative estimate of drug-likeness (QED) is 0.623. The van der Waals surface area contributed by atoms with E-state index in [4.69, 9.17) is 10.5 Å². The standard InChI is InChI=1S/C11H16N2O2S/c1-3-15-10(14)11(2,12)8-16-9-6-4-5-7-13-9/h4-7H,3,8,12H2,1-2H3. The van der Waals surface area contributed by atoms with E-state index in [-0.39, 0.29) is 5.97 Å². The lowest BCUT2D eigenvalue weighted by atomic mass is 10.1. The van der Waals surface area contributed by atoms with Gasteiger partial charge in [-0.25, -0.2) is 4.98 Å². The molecule has 1 unspecified atom stereocenters. The summed E-state index contributed by atoms with van der Waals surface area (Å²) >= 11 is 1.44. The molecule has 0 radical (unpaired) electrons. The van der Waals surface area contributed by atoms with Crippen molar-refractivity contribution in [1.29, 1.82) is 0 Å². The highest BCUT2D eigenvalue weighted by molar-refractivity contribution is 7.99. The average Bonchev–Trinajstić information content (AvgIpc) is 2.28. The zero-order chi connectivity index (χ0) is 12.0. The van der Waals surface area contributed by atoms with Crippen LogP contribution in [0.25, 0.3) is 0 Å². The number of aromatic nitrogens is 1. The van der Waals surface area contributed by atoms with Crippen LogP contribution in [0, 0.1) is 0 Å². The Morgan fingerprint density at radius 3 is 2.94 bits per heavy atom. The van der Waals surface area contributed by atoms with Gasteiger partial charge in [0.25, 0.3) is 0 Å². The van der Waals surface area contributed by atoms with Gasteiger partial charge in [0.05, 0.1) is 11.6 Å². The maximum absolute atomic E-state index is 11.5. The molecule has 0 spiro atoms. The van der Waals surface area contributed by atoms with Crippen LogP contribution in [0.5, 0.6) is 0 Å². The lowest BCUT2D eigenvalue weighted by Gasteiger charge is -2.21. The Hall–Kier alpha value is -1.07. The molecule has 1 aromatic heterocycles. The van der Waals surface area contributed by atoms with Crippen LogP contribution < -0.4 is 5.73 Å². The Labute approximate surface area is 99.6 Å². The highest BCUT2D eigenvalue weighted by Crippen LogP contribution is 2.19. The molecule has 1 atom stereocenters. The molecule has 1 aromatic rings. The second kappa shape index (κ2) is 5.86. The fraction of sp³-hybridized carbons (Fsp3) is 0.455. The van der Waals surface area contributed by atoms with Crippen LogP contribution in [0.1, 0.15) is 13.8 Å². The van der Waals surface area contributed by atoms with E-state index in [9.17, 15) is 4.79 Å². The summed E-state index contributed by atoms with van der Waals surface area (Å²) in [7, 11) is 0. The van der Waals surface area contributed by atoms with Gasteiger partial charge in [-0.3, -0.25) is 4.79 Å². The van der Waals surface area contributed by atoms with E-state index in [0.717, 1.165) is 5.03 Å². The van der Waals surface area contributed by atoms with Gasteiger partial charge in [0.2, 0.25) is 0 Å². The molecule has 0 aliphatic carbocycles. The number of thioether (sulfide) groups is 1. The Kier molecular flexibility index (Phi) is 4.76. The van der Waals surface area contributed by atoms with Crippen LogP contribution in [0.15, 0.2) is 29.4 Å². The number of esters is 1. The molecule has 0 saturated carbocycles. The van der Waals surface area contributed by atoms with Crippen molar-refractivity contribution in [1.82, 2.24) is 4.98 Å². The molecule has 0 saturated heterocycles. The summed E-state index contributed by atoms with van der Waals surface area (Å²) in [5, 5.41) is 0.850. The van der Waals surface area contributed by atoms with Gasteiger partial charge in [-0.1, -0.05) is 6.07 Å². The van der Waals surface area contributed by atoms with E-state index in [1.54, 1.807) is 20.0 Å². The fourth-order valence-electron chi connectivity index (χ4n) is 1.01. The minimum absolute atomic E-state index is 0.347. The first-order chi connectivity index (χ1) is 7.56. The maximum Gasteiger partial charge on any atom is 0.326 e. The Bertz CT molecular complexity index is 341. The lowest BCUT2D eigenvalue weighted by Crippen LogP contribution is -2.48. The van der Waals surface area contributed by atoms with E-state index in [1.807, 2.05) is 18.2 Å². The van der Waals surface area contributed by atoms with Crippen LogP contribution in [-0.2, 0) is 9.53 Å². The number of nitrogens with zero attached hydrogens (tertiary/aromatic N) is 1. The highest BCUT2D eigenvalue weighted by atomic mass is 32.2. The van der Waals surface area contributed by atoms with Crippen molar-refractivity contribution < 1.29 is 9.53 Å². The second-order valence-electron chi connectivity index (χ2n) is 3.59. The number of carbonyl (C=O) groups is 1. The number of hydrogen-bond donors (Lipinski definition) is 1. The Morgan fingerprint density at radius 1 is 1.62 bits per heavy atom. The van der Waals surface area contributed by atoms with Gasteiger partial charge in [0.1, 0.15) is 5.54 Å². The van der Waals surface area contributed by atoms with Crippen LogP contribution in [0.4, 0.5) is 0 Å². The molecule has 1 heterocycles. The average molecular weight is 240 g/mol. The van der Waals surface area contributed by atoms with E-state index >= 15 is 0 Å². The highest BCUT2D eigenvalue weighted by Gasteiger charge is 2.30. The second-order valence-corrected chi connectivity index (χ2v) is 4.59. The summed E-state index contributed by atoms with van der Waals surface area (Å²) in [6.45, 7) is 3.78. The third kappa shape index (κ3) is 3.83. The predicted molar refractivity (Wildman–Crippen MR) is 64.2 cm³/mol. The molecule has 0 amide bonds. The van der Waals surface area contributed by atoms with Gasteiger partial charge in [0, 0.05) is 11.9 Å². The van der Waals surface area contributed by atoms with E-state index in [2.05, 4.69) is 4.98 Å². The van der Waals surface area contributed by atoms with Gasteiger partial charge in [-0.05, 0) is 26.0 Å². The van der Waals surface area contributed by atoms with Crippen molar-refractivity contribution in [3.05, 3.63) is 24.4 Å². The number of pyridine rings is 1. The van der Waals surface area contributed by atoms with Gasteiger partial charge < -0.3 is 10.5 Å². The maximum atomic E-state index is 11.5. The number of ether oxygens (including phenoxy) is 1. The molecule has 88 valence electrons. The molecule has 0 aliphatic rings. The first-order valence-corrected chi connectivity index (χ1v) is 6.05. The molecule has 0 bridgehead atoms. The third-order valence-corrected chi connectivity index (χ3v) is 3.18. The Balaban J connectivity index is 2.51. The molecule has 0 aromatic carbocycles. The number of hydrogen-bond acceptors (Lipinski definition) is 5. The molecule has 2 N–H and O–H groups in total. The molecule has 1 rings (SSSR count). The number of carbonyl (C=O) groups excluding carboxylic acids is 1.